The van der Waals surface area contributed by atoms with Crippen LogP contribution in [0.5, 0.6) is 0 Å². The van der Waals surface area contributed by atoms with E-state index in [-0.39, 0.29) is 11.9 Å². The highest BCUT2D eigenvalue weighted by atomic mass is 32.1. The van der Waals surface area contributed by atoms with Crippen molar-refractivity contribution in [2.75, 3.05) is 18.9 Å². The summed E-state index contributed by atoms with van der Waals surface area (Å²) in [7, 11) is 1.91. The molecule has 2 aromatic heterocycles. The van der Waals surface area contributed by atoms with Crippen LogP contribution < -0.4 is 5.32 Å². The van der Waals surface area contributed by atoms with Gasteiger partial charge in [-0.15, -0.1) is 10.2 Å². The van der Waals surface area contributed by atoms with Crippen molar-refractivity contribution < 1.29 is 4.79 Å². The van der Waals surface area contributed by atoms with E-state index in [0.717, 1.165) is 5.56 Å². The quantitative estimate of drug-likeness (QED) is 0.898. The summed E-state index contributed by atoms with van der Waals surface area (Å²) in [4.78, 5) is 17.8. The van der Waals surface area contributed by atoms with E-state index in [2.05, 4.69) is 20.5 Å². The van der Waals surface area contributed by atoms with E-state index in [1.807, 2.05) is 31.0 Å². The van der Waals surface area contributed by atoms with E-state index in [1.54, 1.807) is 17.9 Å². The first-order valence-corrected chi connectivity index (χ1v) is 6.71. The van der Waals surface area contributed by atoms with Crippen LogP contribution in [-0.2, 0) is 4.79 Å². The van der Waals surface area contributed by atoms with E-state index >= 15 is 0 Å². The molecule has 0 radical (unpaired) electrons. The number of hydrogen-bond donors (Lipinski definition) is 1. The van der Waals surface area contributed by atoms with Gasteiger partial charge in [0.1, 0.15) is 5.51 Å². The first-order chi connectivity index (χ1) is 9.16. The SMILES string of the molecule is C[C@@H](c1ccncc1)N(C)CC(=O)Nc1nncs1. The maximum Gasteiger partial charge on any atom is 0.240 e. The predicted octanol–water partition coefficient (Wildman–Crippen LogP) is 1.56. The van der Waals surface area contributed by atoms with Crippen molar-refractivity contribution >= 4 is 22.4 Å². The molecule has 2 aromatic rings. The molecule has 100 valence electrons. The average Bonchev–Trinajstić information content (AvgIpc) is 2.91. The Kier molecular flexibility index (Phi) is 4.53. The highest BCUT2D eigenvalue weighted by molar-refractivity contribution is 7.13. The fraction of sp³-hybridized carbons (Fsp3) is 0.333. The number of pyridine rings is 1. The van der Waals surface area contributed by atoms with E-state index in [4.69, 9.17) is 0 Å². The number of carbonyl (C=O) groups is 1. The van der Waals surface area contributed by atoms with Gasteiger partial charge in [0.05, 0.1) is 6.54 Å². The molecule has 2 rings (SSSR count). The molecule has 0 saturated heterocycles. The lowest BCUT2D eigenvalue weighted by atomic mass is 10.1. The van der Waals surface area contributed by atoms with Gasteiger partial charge in [-0.1, -0.05) is 11.3 Å². The Morgan fingerprint density at radius 2 is 2.21 bits per heavy atom. The lowest BCUT2D eigenvalue weighted by Crippen LogP contribution is -2.32. The molecular formula is C12H15N5OS. The highest BCUT2D eigenvalue weighted by Crippen LogP contribution is 2.17. The van der Waals surface area contributed by atoms with E-state index in [0.29, 0.717) is 11.7 Å². The summed E-state index contributed by atoms with van der Waals surface area (Å²) < 4.78 is 0. The van der Waals surface area contributed by atoms with Gasteiger partial charge in [-0.05, 0) is 31.7 Å². The summed E-state index contributed by atoms with van der Waals surface area (Å²) >= 11 is 1.30. The lowest BCUT2D eigenvalue weighted by molar-refractivity contribution is -0.117. The number of anilines is 1. The van der Waals surface area contributed by atoms with E-state index < -0.39 is 0 Å². The molecule has 0 bridgehead atoms. The van der Waals surface area contributed by atoms with Gasteiger partial charge in [-0.25, -0.2) is 0 Å². The number of nitrogens with zero attached hydrogens (tertiary/aromatic N) is 4. The van der Waals surface area contributed by atoms with Crippen molar-refractivity contribution in [3.05, 3.63) is 35.6 Å². The Balaban J connectivity index is 1.90. The van der Waals surface area contributed by atoms with Gasteiger partial charge in [0.2, 0.25) is 11.0 Å². The Bertz CT molecular complexity index is 516. The highest BCUT2D eigenvalue weighted by Gasteiger charge is 2.15. The molecule has 1 amide bonds. The number of rotatable bonds is 5. The van der Waals surface area contributed by atoms with Gasteiger partial charge in [0, 0.05) is 18.4 Å². The molecule has 0 unspecified atom stereocenters. The summed E-state index contributed by atoms with van der Waals surface area (Å²) in [5, 5.41) is 10.7. The number of hydrogen-bond acceptors (Lipinski definition) is 6. The molecule has 1 atom stereocenters. The normalized spacial score (nSPS) is 12.4. The van der Waals surface area contributed by atoms with Crippen LogP contribution in [-0.4, -0.2) is 39.6 Å². The molecule has 0 aliphatic heterocycles. The molecule has 0 fully saturated rings. The monoisotopic (exact) mass is 277 g/mol. The third-order valence-corrected chi connectivity index (χ3v) is 3.46. The minimum Gasteiger partial charge on any atom is -0.299 e. The van der Waals surface area contributed by atoms with Crippen LogP contribution in [0.1, 0.15) is 18.5 Å². The molecule has 0 saturated carbocycles. The fourth-order valence-electron chi connectivity index (χ4n) is 1.65. The second kappa shape index (κ2) is 6.35. The number of likely N-dealkylation sites (N-methyl/N-ethyl adjacent to an activating group) is 1. The predicted molar refractivity (Wildman–Crippen MR) is 73.8 cm³/mol. The molecule has 1 N–H and O–H groups in total. The van der Waals surface area contributed by atoms with Gasteiger partial charge in [-0.2, -0.15) is 0 Å². The van der Waals surface area contributed by atoms with Crippen molar-refractivity contribution in [2.45, 2.75) is 13.0 Å². The molecule has 0 aliphatic rings. The van der Waals surface area contributed by atoms with Gasteiger partial charge < -0.3 is 0 Å². The van der Waals surface area contributed by atoms with Crippen molar-refractivity contribution in [3.8, 4) is 0 Å². The van der Waals surface area contributed by atoms with Crippen molar-refractivity contribution in [3.63, 3.8) is 0 Å². The Labute approximate surface area is 115 Å². The van der Waals surface area contributed by atoms with Gasteiger partial charge in [0.25, 0.3) is 0 Å². The molecular weight excluding hydrogens is 262 g/mol. The number of aromatic nitrogens is 3. The summed E-state index contributed by atoms with van der Waals surface area (Å²) in [5.74, 6) is -0.0971. The number of carbonyl (C=O) groups excluding carboxylic acids is 1. The second-order valence-corrected chi connectivity index (χ2v) is 5.00. The molecule has 6 nitrogen and oxygen atoms in total. The van der Waals surface area contributed by atoms with Crippen molar-refractivity contribution in [2.24, 2.45) is 0 Å². The average molecular weight is 277 g/mol. The maximum absolute atomic E-state index is 11.8. The first-order valence-electron chi connectivity index (χ1n) is 5.83. The second-order valence-electron chi connectivity index (χ2n) is 4.16. The van der Waals surface area contributed by atoms with Crippen LogP contribution >= 0.6 is 11.3 Å². The van der Waals surface area contributed by atoms with Gasteiger partial charge in [-0.3, -0.25) is 20.0 Å². The minimum atomic E-state index is -0.0971. The Morgan fingerprint density at radius 1 is 1.47 bits per heavy atom. The van der Waals surface area contributed by atoms with Crippen LogP contribution in [0.2, 0.25) is 0 Å². The van der Waals surface area contributed by atoms with E-state index in [9.17, 15) is 4.79 Å². The summed E-state index contributed by atoms with van der Waals surface area (Å²) in [6.45, 7) is 2.34. The molecule has 7 heteroatoms. The lowest BCUT2D eigenvalue weighted by Gasteiger charge is -2.24. The first kappa shape index (κ1) is 13.6. The maximum atomic E-state index is 11.8. The zero-order chi connectivity index (χ0) is 13.7. The van der Waals surface area contributed by atoms with Crippen LogP contribution in [0.25, 0.3) is 0 Å². The zero-order valence-corrected chi connectivity index (χ0v) is 11.6. The van der Waals surface area contributed by atoms with Crippen LogP contribution in [0.15, 0.2) is 30.0 Å². The Hall–Kier alpha value is -1.86. The third-order valence-electron chi connectivity index (χ3n) is 2.85. The zero-order valence-electron chi connectivity index (χ0n) is 10.8. The molecule has 0 spiro atoms. The summed E-state index contributed by atoms with van der Waals surface area (Å²) in [5.41, 5.74) is 2.71. The van der Waals surface area contributed by atoms with Crippen molar-refractivity contribution in [1.29, 1.82) is 0 Å². The molecule has 19 heavy (non-hydrogen) atoms. The minimum absolute atomic E-state index is 0.0971. The van der Waals surface area contributed by atoms with Gasteiger partial charge in [0.15, 0.2) is 0 Å². The van der Waals surface area contributed by atoms with Gasteiger partial charge >= 0.3 is 0 Å². The van der Waals surface area contributed by atoms with Crippen molar-refractivity contribution in [1.82, 2.24) is 20.1 Å². The number of amides is 1. The summed E-state index contributed by atoms with van der Waals surface area (Å²) in [6, 6.07) is 4.04. The van der Waals surface area contributed by atoms with Crippen LogP contribution in [0, 0.1) is 0 Å². The van der Waals surface area contributed by atoms with Crippen LogP contribution in [0.3, 0.4) is 0 Å². The molecule has 0 aliphatic carbocycles. The standard InChI is InChI=1S/C12H15N5OS/c1-9(10-3-5-13-6-4-10)17(2)7-11(18)15-12-16-14-8-19-12/h3-6,8-9H,7H2,1-2H3,(H,15,16,18)/t9-/m0/s1. The number of nitrogens with one attached hydrogen (secondary N) is 1. The molecule has 0 aromatic carbocycles. The summed E-state index contributed by atoms with van der Waals surface area (Å²) in [6.07, 6.45) is 3.50. The third kappa shape index (κ3) is 3.80. The largest absolute Gasteiger partial charge is 0.299 e. The fourth-order valence-corrected chi connectivity index (χ4v) is 2.11. The topological polar surface area (TPSA) is 71.0 Å². The van der Waals surface area contributed by atoms with E-state index in [1.165, 1.54) is 11.3 Å². The molecule has 2 heterocycles. The van der Waals surface area contributed by atoms with Crippen LogP contribution in [0.4, 0.5) is 5.13 Å². The smallest absolute Gasteiger partial charge is 0.240 e. The Morgan fingerprint density at radius 3 is 2.84 bits per heavy atom.